The summed E-state index contributed by atoms with van der Waals surface area (Å²) in [6.45, 7) is 9.42. The second-order valence-corrected chi connectivity index (χ2v) is 5.41. The number of hydrogen-bond donors (Lipinski definition) is 0. The van der Waals surface area contributed by atoms with E-state index in [2.05, 4.69) is 38.3 Å². The third kappa shape index (κ3) is 15.4. The van der Waals surface area contributed by atoms with Gasteiger partial charge in [0.1, 0.15) is 0 Å². The van der Waals surface area contributed by atoms with Gasteiger partial charge in [0.25, 0.3) is 0 Å². The molecule has 0 rings (SSSR count). The van der Waals surface area contributed by atoms with Gasteiger partial charge in [-0.3, -0.25) is 0 Å². The molecule has 0 aromatic heterocycles. The lowest BCUT2D eigenvalue weighted by molar-refractivity contribution is -0.146. The van der Waals surface area contributed by atoms with Crippen molar-refractivity contribution < 1.29 is 9.47 Å². The molecule has 0 spiro atoms. The van der Waals surface area contributed by atoms with Crippen molar-refractivity contribution in [1.29, 1.82) is 0 Å². The van der Waals surface area contributed by atoms with E-state index in [9.17, 15) is 0 Å². The van der Waals surface area contributed by atoms with Crippen molar-refractivity contribution in [3.63, 3.8) is 0 Å². The summed E-state index contributed by atoms with van der Waals surface area (Å²) in [6, 6.07) is 0. The maximum Gasteiger partial charge on any atom is 0.157 e. The lowest BCUT2D eigenvalue weighted by atomic mass is 10.1. The molecular formula is C20H34O2. The summed E-state index contributed by atoms with van der Waals surface area (Å²) in [5, 5.41) is 0. The highest BCUT2D eigenvalue weighted by molar-refractivity contribution is 5.21. The van der Waals surface area contributed by atoms with Gasteiger partial charge in [-0.2, -0.15) is 0 Å². The van der Waals surface area contributed by atoms with E-state index < -0.39 is 0 Å². The van der Waals surface area contributed by atoms with Crippen LogP contribution in [0.3, 0.4) is 0 Å². The molecule has 0 aromatic carbocycles. The minimum atomic E-state index is 0.00580. The van der Waals surface area contributed by atoms with Gasteiger partial charge in [0.05, 0.1) is 0 Å². The molecule has 0 aliphatic heterocycles. The van der Waals surface area contributed by atoms with E-state index in [1.165, 1.54) is 32.1 Å². The van der Waals surface area contributed by atoms with Crippen LogP contribution in [0.5, 0.6) is 0 Å². The molecule has 0 heterocycles. The molecule has 126 valence electrons. The highest BCUT2D eigenvalue weighted by atomic mass is 16.7. The van der Waals surface area contributed by atoms with Crippen LogP contribution in [-0.4, -0.2) is 19.5 Å². The van der Waals surface area contributed by atoms with E-state index in [4.69, 9.17) is 9.47 Å². The number of rotatable bonds is 14. The Kier molecular flexibility index (Phi) is 17.2. The number of ether oxygens (including phenoxy) is 2. The minimum absolute atomic E-state index is 0.00580. The smallest absolute Gasteiger partial charge is 0.157 e. The highest BCUT2D eigenvalue weighted by Gasteiger charge is 2.07. The second-order valence-electron chi connectivity index (χ2n) is 5.41. The number of allylic oxidation sites excluding steroid dienone is 3. The van der Waals surface area contributed by atoms with Crippen molar-refractivity contribution in [3.05, 3.63) is 24.8 Å². The Morgan fingerprint density at radius 2 is 1.55 bits per heavy atom. The minimum Gasteiger partial charge on any atom is -0.353 e. The van der Waals surface area contributed by atoms with Crippen molar-refractivity contribution in [1.82, 2.24) is 0 Å². The van der Waals surface area contributed by atoms with Crippen LogP contribution in [-0.2, 0) is 9.47 Å². The van der Waals surface area contributed by atoms with Gasteiger partial charge >= 0.3 is 0 Å². The first-order valence-corrected chi connectivity index (χ1v) is 8.85. The zero-order valence-electron chi connectivity index (χ0n) is 14.6. The first kappa shape index (κ1) is 21.0. The molecule has 0 N–H and O–H groups in total. The summed E-state index contributed by atoms with van der Waals surface area (Å²) in [5.74, 6) is 5.73. The molecule has 0 aromatic rings. The van der Waals surface area contributed by atoms with E-state index in [1.54, 1.807) is 6.08 Å². The summed E-state index contributed by atoms with van der Waals surface area (Å²) in [7, 11) is 0. The van der Waals surface area contributed by atoms with Crippen LogP contribution < -0.4 is 0 Å². The van der Waals surface area contributed by atoms with Crippen LogP contribution in [0.1, 0.15) is 71.6 Å². The summed E-state index contributed by atoms with van der Waals surface area (Å²) < 4.78 is 11.5. The Labute approximate surface area is 138 Å². The average Bonchev–Trinajstić information content (AvgIpc) is 2.54. The zero-order chi connectivity index (χ0) is 16.3. The SMILES string of the molecule is C=CC#C/C=C/CCCCCCCC(OCCC)OCCC. The molecule has 0 amide bonds. The standard InChI is InChI=1S/C20H34O2/c1-4-7-8-9-10-11-12-13-14-15-16-17-20(21-18-5-2)22-19-6-3/h4,9-10,20H,1,5-6,11-19H2,2-3H3/b10-9+. The van der Waals surface area contributed by atoms with E-state index in [0.717, 1.165) is 38.9 Å². The van der Waals surface area contributed by atoms with Crippen LogP contribution >= 0.6 is 0 Å². The first-order chi connectivity index (χ1) is 10.8. The molecule has 0 unspecified atom stereocenters. The largest absolute Gasteiger partial charge is 0.353 e. The monoisotopic (exact) mass is 306 g/mol. The lowest BCUT2D eigenvalue weighted by Gasteiger charge is -2.18. The van der Waals surface area contributed by atoms with Crippen LogP contribution in [0.15, 0.2) is 24.8 Å². The van der Waals surface area contributed by atoms with Crippen LogP contribution in [0.2, 0.25) is 0 Å². The fourth-order valence-electron chi connectivity index (χ4n) is 2.07. The number of unbranched alkanes of at least 4 members (excludes halogenated alkanes) is 5. The van der Waals surface area contributed by atoms with Crippen molar-refractivity contribution >= 4 is 0 Å². The third-order valence-corrected chi connectivity index (χ3v) is 3.21. The summed E-state index contributed by atoms with van der Waals surface area (Å²) >= 11 is 0. The highest BCUT2D eigenvalue weighted by Crippen LogP contribution is 2.12. The Bertz CT molecular complexity index is 314. The van der Waals surface area contributed by atoms with Crippen molar-refractivity contribution in [2.75, 3.05) is 13.2 Å². The predicted octanol–water partition coefficient (Wildman–Crippen LogP) is 5.64. The van der Waals surface area contributed by atoms with Crippen molar-refractivity contribution in [2.24, 2.45) is 0 Å². The second kappa shape index (κ2) is 18.0. The molecule has 0 bridgehead atoms. The van der Waals surface area contributed by atoms with Gasteiger partial charge in [0.15, 0.2) is 6.29 Å². The molecule has 2 nitrogen and oxygen atoms in total. The Balaban J connectivity index is 3.51. The Morgan fingerprint density at radius 3 is 2.18 bits per heavy atom. The Morgan fingerprint density at radius 1 is 0.909 bits per heavy atom. The summed E-state index contributed by atoms with van der Waals surface area (Å²) in [5.41, 5.74) is 0. The quantitative estimate of drug-likeness (QED) is 0.235. The normalized spacial score (nSPS) is 10.9. The predicted molar refractivity (Wildman–Crippen MR) is 95.7 cm³/mol. The topological polar surface area (TPSA) is 18.5 Å². The van der Waals surface area contributed by atoms with E-state index >= 15 is 0 Å². The zero-order valence-corrected chi connectivity index (χ0v) is 14.6. The molecule has 0 saturated carbocycles. The summed E-state index contributed by atoms with van der Waals surface area (Å²) in [4.78, 5) is 0. The van der Waals surface area contributed by atoms with Crippen LogP contribution in [0.4, 0.5) is 0 Å². The van der Waals surface area contributed by atoms with Gasteiger partial charge in [-0.05, 0) is 50.7 Å². The van der Waals surface area contributed by atoms with Gasteiger partial charge in [-0.25, -0.2) is 0 Å². The van der Waals surface area contributed by atoms with Gasteiger partial charge in [0.2, 0.25) is 0 Å². The first-order valence-electron chi connectivity index (χ1n) is 8.85. The fourth-order valence-corrected chi connectivity index (χ4v) is 2.07. The van der Waals surface area contributed by atoms with E-state index in [0.29, 0.717) is 0 Å². The van der Waals surface area contributed by atoms with Gasteiger partial charge in [0, 0.05) is 13.2 Å². The molecule has 2 heteroatoms. The van der Waals surface area contributed by atoms with Gasteiger partial charge in [-0.15, -0.1) is 0 Å². The van der Waals surface area contributed by atoms with Crippen LogP contribution in [0, 0.1) is 11.8 Å². The molecule has 0 atom stereocenters. The molecule has 0 radical (unpaired) electrons. The van der Waals surface area contributed by atoms with Gasteiger partial charge < -0.3 is 9.47 Å². The maximum absolute atomic E-state index is 5.73. The van der Waals surface area contributed by atoms with Crippen molar-refractivity contribution in [2.45, 2.75) is 77.9 Å². The number of hydrogen-bond acceptors (Lipinski definition) is 2. The van der Waals surface area contributed by atoms with Crippen molar-refractivity contribution in [3.8, 4) is 11.8 Å². The molecule has 0 fully saturated rings. The maximum atomic E-state index is 5.73. The van der Waals surface area contributed by atoms with Crippen LogP contribution in [0.25, 0.3) is 0 Å². The average molecular weight is 306 g/mol. The molecular weight excluding hydrogens is 272 g/mol. The molecule has 0 aliphatic rings. The molecule has 0 saturated heterocycles. The molecule has 0 aliphatic carbocycles. The van der Waals surface area contributed by atoms with E-state index in [1.807, 2.05) is 6.08 Å². The third-order valence-electron chi connectivity index (χ3n) is 3.21. The van der Waals surface area contributed by atoms with E-state index in [-0.39, 0.29) is 6.29 Å². The summed E-state index contributed by atoms with van der Waals surface area (Å²) in [6.07, 6.45) is 16.2. The lowest BCUT2D eigenvalue weighted by Crippen LogP contribution is -2.18. The van der Waals surface area contributed by atoms with Gasteiger partial charge in [-0.1, -0.05) is 57.6 Å². The Hall–Kier alpha value is -1.04. The fraction of sp³-hybridized carbons (Fsp3) is 0.700. The molecule has 22 heavy (non-hydrogen) atoms.